The molecule has 0 saturated heterocycles. The zero-order chi connectivity index (χ0) is 18.2. The van der Waals surface area contributed by atoms with Gasteiger partial charge in [-0.05, 0) is 51.0 Å². The third-order valence-electron chi connectivity index (χ3n) is 3.77. The topological polar surface area (TPSA) is 75.6 Å². The summed E-state index contributed by atoms with van der Waals surface area (Å²) in [5.74, 6) is 0.0895. The Labute approximate surface area is 152 Å². The molecule has 132 valence electrons. The van der Waals surface area contributed by atoms with E-state index in [1.165, 1.54) is 12.3 Å². The minimum absolute atomic E-state index is 0.253. The van der Waals surface area contributed by atoms with Crippen molar-refractivity contribution in [3.63, 3.8) is 0 Å². The van der Waals surface area contributed by atoms with E-state index in [4.69, 9.17) is 0 Å². The fourth-order valence-corrected chi connectivity index (χ4v) is 2.95. The molecule has 0 amide bonds. The maximum atomic E-state index is 13.8. The Bertz CT molecular complexity index is 973. The van der Waals surface area contributed by atoms with Crippen LogP contribution in [-0.2, 0) is 12.0 Å². The fourth-order valence-electron chi connectivity index (χ4n) is 2.54. The Kier molecular flexibility index (Phi) is 4.64. The second-order valence-corrected chi connectivity index (χ2v) is 7.71. The average molecular weight is 408 g/mol. The molecule has 1 aromatic carbocycles. The molecule has 0 fully saturated rings. The van der Waals surface area contributed by atoms with Crippen LogP contribution in [0.1, 0.15) is 26.3 Å². The number of anilines is 1. The van der Waals surface area contributed by atoms with E-state index in [1.807, 2.05) is 20.8 Å². The molecule has 0 spiro atoms. The SMILES string of the molecule is CC(C)(C)n1ncc2c(=O)[nH]c(NCCc3cc(Br)ccc3F)nc21. The van der Waals surface area contributed by atoms with Crippen molar-refractivity contribution in [2.45, 2.75) is 32.7 Å². The first-order valence-corrected chi connectivity index (χ1v) is 8.71. The van der Waals surface area contributed by atoms with Gasteiger partial charge in [0.25, 0.3) is 5.56 Å². The summed E-state index contributed by atoms with van der Waals surface area (Å²) in [5, 5.41) is 7.76. The zero-order valence-electron chi connectivity index (χ0n) is 14.2. The second kappa shape index (κ2) is 6.59. The molecular formula is C17H19BrFN5O. The van der Waals surface area contributed by atoms with Crippen LogP contribution >= 0.6 is 15.9 Å². The lowest BCUT2D eigenvalue weighted by Crippen LogP contribution is -2.24. The first-order chi connectivity index (χ1) is 11.8. The van der Waals surface area contributed by atoms with Crippen LogP contribution in [0.5, 0.6) is 0 Å². The summed E-state index contributed by atoms with van der Waals surface area (Å²) in [6.45, 7) is 6.41. The number of hydrogen-bond acceptors (Lipinski definition) is 4. The lowest BCUT2D eigenvalue weighted by atomic mass is 10.1. The molecule has 8 heteroatoms. The molecule has 0 aliphatic carbocycles. The second-order valence-electron chi connectivity index (χ2n) is 6.79. The van der Waals surface area contributed by atoms with E-state index in [9.17, 15) is 9.18 Å². The van der Waals surface area contributed by atoms with Gasteiger partial charge >= 0.3 is 0 Å². The van der Waals surface area contributed by atoms with Crippen LogP contribution < -0.4 is 10.9 Å². The molecule has 0 atom stereocenters. The summed E-state index contributed by atoms with van der Waals surface area (Å²) in [4.78, 5) is 19.4. The van der Waals surface area contributed by atoms with Crippen molar-refractivity contribution in [2.24, 2.45) is 0 Å². The molecule has 0 radical (unpaired) electrons. The van der Waals surface area contributed by atoms with Gasteiger partial charge in [0.1, 0.15) is 11.2 Å². The van der Waals surface area contributed by atoms with E-state index >= 15 is 0 Å². The predicted octanol–water partition coefficient (Wildman–Crippen LogP) is 3.43. The fraction of sp³-hybridized carbons (Fsp3) is 0.353. The number of benzene rings is 1. The number of aromatic amines is 1. The highest BCUT2D eigenvalue weighted by Crippen LogP contribution is 2.19. The molecule has 6 nitrogen and oxygen atoms in total. The number of nitrogens with one attached hydrogen (secondary N) is 2. The molecule has 0 aliphatic heterocycles. The molecule has 2 aromatic heterocycles. The number of rotatable bonds is 4. The smallest absolute Gasteiger partial charge is 0.263 e. The van der Waals surface area contributed by atoms with Crippen LogP contribution in [0.25, 0.3) is 11.0 Å². The normalized spacial score (nSPS) is 11.9. The van der Waals surface area contributed by atoms with Crippen molar-refractivity contribution in [1.82, 2.24) is 19.7 Å². The molecule has 3 aromatic rings. The predicted molar refractivity (Wildman–Crippen MR) is 99.4 cm³/mol. The third-order valence-corrected chi connectivity index (χ3v) is 4.26. The van der Waals surface area contributed by atoms with E-state index in [2.05, 4.69) is 36.3 Å². The van der Waals surface area contributed by atoms with Gasteiger partial charge in [0.15, 0.2) is 5.65 Å². The van der Waals surface area contributed by atoms with Crippen molar-refractivity contribution in [2.75, 3.05) is 11.9 Å². The van der Waals surface area contributed by atoms with Gasteiger partial charge in [-0.3, -0.25) is 9.78 Å². The van der Waals surface area contributed by atoms with E-state index in [-0.39, 0.29) is 16.9 Å². The standard InChI is InChI=1S/C17H19BrFN5O/c1-17(2,3)24-14-12(9-21-24)15(25)23-16(22-14)20-7-6-10-8-11(18)4-5-13(10)19/h4-5,8-9H,6-7H2,1-3H3,(H2,20,22,23,25). The number of fused-ring (bicyclic) bond motifs is 1. The van der Waals surface area contributed by atoms with Crippen molar-refractivity contribution >= 4 is 32.9 Å². The van der Waals surface area contributed by atoms with E-state index in [1.54, 1.807) is 16.8 Å². The molecule has 3 rings (SSSR count). The van der Waals surface area contributed by atoms with Gasteiger partial charge < -0.3 is 5.32 Å². The van der Waals surface area contributed by atoms with Crippen LogP contribution in [0.15, 0.2) is 33.7 Å². The Morgan fingerprint density at radius 1 is 1.36 bits per heavy atom. The highest BCUT2D eigenvalue weighted by molar-refractivity contribution is 9.10. The van der Waals surface area contributed by atoms with Crippen molar-refractivity contribution in [3.05, 3.63) is 50.6 Å². The van der Waals surface area contributed by atoms with Gasteiger partial charge in [-0.1, -0.05) is 15.9 Å². The van der Waals surface area contributed by atoms with Gasteiger partial charge in [-0.2, -0.15) is 10.1 Å². The lowest BCUT2D eigenvalue weighted by molar-refractivity contribution is 0.366. The number of H-pyrrole nitrogens is 1. The molecule has 0 aliphatic rings. The minimum Gasteiger partial charge on any atom is -0.355 e. The number of hydrogen-bond donors (Lipinski definition) is 2. The largest absolute Gasteiger partial charge is 0.355 e. The quantitative estimate of drug-likeness (QED) is 0.694. The highest BCUT2D eigenvalue weighted by atomic mass is 79.9. The number of aromatic nitrogens is 4. The Morgan fingerprint density at radius 2 is 2.12 bits per heavy atom. The van der Waals surface area contributed by atoms with Gasteiger partial charge in [0.05, 0.1) is 11.7 Å². The summed E-state index contributed by atoms with van der Waals surface area (Å²) in [7, 11) is 0. The molecular weight excluding hydrogens is 389 g/mol. The van der Waals surface area contributed by atoms with Crippen molar-refractivity contribution < 1.29 is 4.39 Å². The third kappa shape index (κ3) is 3.73. The molecule has 2 N–H and O–H groups in total. The van der Waals surface area contributed by atoms with Crippen LogP contribution in [0.4, 0.5) is 10.3 Å². The molecule has 0 bridgehead atoms. The van der Waals surface area contributed by atoms with Gasteiger partial charge in [0, 0.05) is 11.0 Å². The maximum Gasteiger partial charge on any atom is 0.263 e. The van der Waals surface area contributed by atoms with Crippen LogP contribution in [0.3, 0.4) is 0 Å². The minimum atomic E-state index is -0.292. The van der Waals surface area contributed by atoms with Crippen molar-refractivity contribution in [1.29, 1.82) is 0 Å². The Morgan fingerprint density at radius 3 is 2.84 bits per heavy atom. The van der Waals surface area contributed by atoms with E-state index < -0.39 is 0 Å². The average Bonchev–Trinajstić information content (AvgIpc) is 2.95. The molecule has 0 unspecified atom stereocenters. The zero-order valence-corrected chi connectivity index (χ0v) is 15.8. The van der Waals surface area contributed by atoms with Crippen LogP contribution in [0.2, 0.25) is 0 Å². The molecule has 25 heavy (non-hydrogen) atoms. The molecule has 0 saturated carbocycles. The summed E-state index contributed by atoms with van der Waals surface area (Å²) in [6.07, 6.45) is 1.98. The summed E-state index contributed by atoms with van der Waals surface area (Å²) < 4.78 is 16.3. The number of nitrogens with zero attached hydrogens (tertiary/aromatic N) is 3. The monoisotopic (exact) mass is 407 g/mol. The van der Waals surface area contributed by atoms with Crippen molar-refractivity contribution in [3.8, 4) is 0 Å². The summed E-state index contributed by atoms with van der Waals surface area (Å²) >= 11 is 3.34. The first kappa shape index (κ1) is 17.6. The summed E-state index contributed by atoms with van der Waals surface area (Å²) in [6, 6.07) is 4.82. The number of halogens is 2. The van der Waals surface area contributed by atoms with Gasteiger partial charge in [-0.15, -0.1) is 0 Å². The molecule has 2 heterocycles. The van der Waals surface area contributed by atoms with Gasteiger partial charge in [-0.25, -0.2) is 9.07 Å². The maximum absolute atomic E-state index is 13.8. The first-order valence-electron chi connectivity index (χ1n) is 7.92. The van der Waals surface area contributed by atoms with Gasteiger partial charge in [0.2, 0.25) is 5.95 Å². The van der Waals surface area contributed by atoms with Crippen LogP contribution in [0, 0.1) is 5.82 Å². The summed E-state index contributed by atoms with van der Waals surface area (Å²) in [5.41, 5.74) is 0.563. The van der Waals surface area contributed by atoms with E-state index in [0.29, 0.717) is 35.5 Å². The van der Waals surface area contributed by atoms with Crippen LogP contribution in [-0.4, -0.2) is 26.3 Å². The lowest BCUT2D eigenvalue weighted by Gasteiger charge is -2.19. The van der Waals surface area contributed by atoms with E-state index in [0.717, 1.165) is 4.47 Å². The Balaban J connectivity index is 1.82. The highest BCUT2D eigenvalue weighted by Gasteiger charge is 2.19. The Hall–Kier alpha value is -2.22.